The van der Waals surface area contributed by atoms with Crippen LogP contribution in [-0.2, 0) is 0 Å². The van der Waals surface area contributed by atoms with Crippen molar-refractivity contribution in [3.63, 3.8) is 0 Å². The predicted molar refractivity (Wildman–Crippen MR) is 64.1 cm³/mol. The number of carbonyl (C=O) groups is 1. The average Bonchev–Trinajstić information content (AvgIpc) is 2.31. The van der Waals surface area contributed by atoms with E-state index in [1.54, 1.807) is 17.0 Å². The van der Waals surface area contributed by atoms with Crippen LogP contribution < -0.4 is 5.48 Å². The highest BCUT2D eigenvalue weighted by Gasteiger charge is 2.16. The summed E-state index contributed by atoms with van der Waals surface area (Å²) < 4.78 is 0. The van der Waals surface area contributed by atoms with Gasteiger partial charge in [-0.2, -0.15) is 0 Å². The zero-order valence-corrected chi connectivity index (χ0v) is 10.1. The standard InChI is InChI=1S/C11H15ClN2O2/c1-3-14(4-2)11(15)9-7-8(13-16)5-6-10(9)12/h5-7,13,16H,3-4H2,1-2H3. The van der Waals surface area contributed by atoms with E-state index < -0.39 is 0 Å². The first-order valence-corrected chi connectivity index (χ1v) is 5.50. The van der Waals surface area contributed by atoms with Crippen molar-refractivity contribution in [2.75, 3.05) is 18.6 Å². The van der Waals surface area contributed by atoms with Crippen LogP contribution >= 0.6 is 11.6 Å². The van der Waals surface area contributed by atoms with Crippen molar-refractivity contribution in [1.29, 1.82) is 0 Å². The Morgan fingerprint density at radius 2 is 2.06 bits per heavy atom. The molecule has 0 spiro atoms. The molecule has 0 bridgehead atoms. The molecule has 16 heavy (non-hydrogen) atoms. The number of anilines is 1. The van der Waals surface area contributed by atoms with Crippen LogP contribution in [0.2, 0.25) is 5.02 Å². The van der Waals surface area contributed by atoms with Crippen molar-refractivity contribution < 1.29 is 10.0 Å². The minimum Gasteiger partial charge on any atom is -0.339 e. The van der Waals surface area contributed by atoms with Crippen molar-refractivity contribution in [3.8, 4) is 0 Å². The third kappa shape index (κ3) is 2.65. The maximum absolute atomic E-state index is 12.0. The summed E-state index contributed by atoms with van der Waals surface area (Å²) in [4.78, 5) is 13.7. The summed E-state index contributed by atoms with van der Waals surface area (Å²) in [7, 11) is 0. The molecule has 0 aromatic heterocycles. The second kappa shape index (κ2) is 5.72. The van der Waals surface area contributed by atoms with Gasteiger partial charge >= 0.3 is 0 Å². The Hall–Kier alpha value is -1.26. The molecule has 0 aliphatic heterocycles. The van der Waals surface area contributed by atoms with Crippen LogP contribution in [0.15, 0.2) is 18.2 Å². The molecule has 0 unspecified atom stereocenters. The van der Waals surface area contributed by atoms with Crippen molar-refractivity contribution in [1.82, 2.24) is 4.90 Å². The lowest BCUT2D eigenvalue weighted by atomic mass is 10.1. The third-order valence-corrected chi connectivity index (χ3v) is 2.71. The highest BCUT2D eigenvalue weighted by Crippen LogP contribution is 2.21. The molecule has 0 saturated carbocycles. The van der Waals surface area contributed by atoms with Crippen LogP contribution in [-0.4, -0.2) is 29.1 Å². The molecule has 0 saturated heterocycles. The van der Waals surface area contributed by atoms with Gasteiger partial charge in [0.1, 0.15) is 0 Å². The number of hydrogen-bond donors (Lipinski definition) is 2. The second-order valence-electron chi connectivity index (χ2n) is 3.28. The summed E-state index contributed by atoms with van der Waals surface area (Å²) in [6.07, 6.45) is 0. The van der Waals surface area contributed by atoms with E-state index in [0.29, 0.717) is 29.4 Å². The van der Waals surface area contributed by atoms with Gasteiger partial charge in [-0.25, -0.2) is 0 Å². The molecule has 0 aliphatic carbocycles. The molecular weight excluding hydrogens is 228 g/mol. The number of hydrogen-bond acceptors (Lipinski definition) is 3. The summed E-state index contributed by atoms with van der Waals surface area (Å²) in [5.41, 5.74) is 2.83. The van der Waals surface area contributed by atoms with Gasteiger partial charge in [-0.15, -0.1) is 0 Å². The smallest absolute Gasteiger partial charge is 0.255 e. The second-order valence-corrected chi connectivity index (χ2v) is 3.69. The van der Waals surface area contributed by atoms with Gasteiger partial charge in [0.05, 0.1) is 16.3 Å². The fourth-order valence-corrected chi connectivity index (χ4v) is 1.64. The molecule has 1 aromatic rings. The number of benzene rings is 1. The number of rotatable bonds is 4. The molecule has 88 valence electrons. The number of carbonyl (C=O) groups excluding carboxylic acids is 1. The molecule has 4 nitrogen and oxygen atoms in total. The Kier molecular flexibility index (Phi) is 4.58. The van der Waals surface area contributed by atoms with E-state index in [4.69, 9.17) is 16.8 Å². The van der Waals surface area contributed by atoms with E-state index in [2.05, 4.69) is 0 Å². The Labute approximate surface area is 99.8 Å². The van der Waals surface area contributed by atoms with E-state index in [1.165, 1.54) is 6.07 Å². The highest BCUT2D eigenvalue weighted by atomic mass is 35.5. The van der Waals surface area contributed by atoms with E-state index in [1.807, 2.05) is 19.3 Å². The number of nitrogens with one attached hydrogen (secondary N) is 1. The fourth-order valence-electron chi connectivity index (χ4n) is 1.44. The Bertz CT molecular complexity index is 378. The van der Waals surface area contributed by atoms with E-state index in [-0.39, 0.29) is 5.91 Å². The summed E-state index contributed by atoms with van der Waals surface area (Å²) >= 11 is 5.95. The van der Waals surface area contributed by atoms with Gasteiger partial charge in [0.15, 0.2) is 0 Å². The van der Waals surface area contributed by atoms with E-state index in [0.717, 1.165) is 0 Å². The van der Waals surface area contributed by atoms with E-state index >= 15 is 0 Å². The molecule has 1 aromatic carbocycles. The molecule has 0 fully saturated rings. The zero-order chi connectivity index (χ0) is 12.1. The van der Waals surface area contributed by atoms with Gasteiger partial charge in [-0.3, -0.25) is 15.5 Å². The monoisotopic (exact) mass is 242 g/mol. The van der Waals surface area contributed by atoms with Gasteiger partial charge in [0.2, 0.25) is 0 Å². The first-order chi connectivity index (χ1) is 7.63. The van der Waals surface area contributed by atoms with Gasteiger partial charge in [0.25, 0.3) is 5.91 Å². The van der Waals surface area contributed by atoms with Crippen molar-refractivity contribution in [2.45, 2.75) is 13.8 Å². The molecule has 1 rings (SSSR count). The number of nitrogens with zero attached hydrogens (tertiary/aromatic N) is 1. The summed E-state index contributed by atoms with van der Waals surface area (Å²) in [6.45, 7) is 5.07. The molecular formula is C11H15ClN2O2. The largest absolute Gasteiger partial charge is 0.339 e. The molecule has 0 radical (unpaired) electrons. The molecule has 1 amide bonds. The van der Waals surface area contributed by atoms with Gasteiger partial charge in [0, 0.05) is 13.1 Å². The summed E-state index contributed by atoms with van der Waals surface area (Å²) in [5.74, 6) is -0.132. The molecule has 2 N–H and O–H groups in total. The zero-order valence-electron chi connectivity index (χ0n) is 9.33. The lowest BCUT2D eigenvalue weighted by molar-refractivity contribution is 0.0773. The minimum absolute atomic E-state index is 0.132. The molecule has 5 heteroatoms. The number of amides is 1. The van der Waals surface area contributed by atoms with Crippen LogP contribution in [0.3, 0.4) is 0 Å². The fraction of sp³-hybridized carbons (Fsp3) is 0.364. The lowest BCUT2D eigenvalue weighted by Crippen LogP contribution is -2.30. The van der Waals surface area contributed by atoms with Crippen LogP contribution in [0.25, 0.3) is 0 Å². The van der Waals surface area contributed by atoms with Gasteiger partial charge in [-0.05, 0) is 32.0 Å². The molecule has 0 heterocycles. The minimum atomic E-state index is -0.132. The van der Waals surface area contributed by atoms with Gasteiger partial charge in [-0.1, -0.05) is 11.6 Å². The van der Waals surface area contributed by atoms with Crippen molar-refractivity contribution in [3.05, 3.63) is 28.8 Å². The van der Waals surface area contributed by atoms with Crippen LogP contribution in [0.4, 0.5) is 5.69 Å². The van der Waals surface area contributed by atoms with Crippen LogP contribution in [0, 0.1) is 0 Å². The summed E-state index contributed by atoms with van der Waals surface area (Å²) in [6, 6.07) is 4.71. The maximum Gasteiger partial charge on any atom is 0.255 e. The van der Waals surface area contributed by atoms with Gasteiger partial charge < -0.3 is 4.90 Å². The predicted octanol–water partition coefficient (Wildman–Crippen LogP) is 2.62. The van der Waals surface area contributed by atoms with Crippen LogP contribution in [0.1, 0.15) is 24.2 Å². The Morgan fingerprint density at radius 3 is 2.56 bits per heavy atom. The van der Waals surface area contributed by atoms with Crippen molar-refractivity contribution >= 4 is 23.2 Å². The first-order valence-electron chi connectivity index (χ1n) is 5.13. The highest BCUT2D eigenvalue weighted by molar-refractivity contribution is 6.34. The SMILES string of the molecule is CCN(CC)C(=O)c1cc(NO)ccc1Cl. The quantitative estimate of drug-likeness (QED) is 0.798. The topological polar surface area (TPSA) is 52.6 Å². The number of halogens is 1. The normalized spacial score (nSPS) is 10.0. The Balaban J connectivity index is 3.06. The van der Waals surface area contributed by atoms with Crippen molar-refractivity contribution in [2.24, 2.45) is 0 Å². The molecule has 0 aliphatic rings. The first kappa shape index (κ1) is 12.8. The Morgan fingerprint density at radius 1 is 1.44 bits per heavy atom. The lowest BCUT2D eigenvalue weighted by Gasteiger charge is -2.19. The van der Waals surface area contributed by atoms with Crippen LogP contribution in [0.5, 0.6) is 0 Å². The maximum atomic E-state index is 12.0. The van der Waals surface area contributed by atoms with E-state index in [9.17, 15) is 4.79 Å². The molecule has 0 atom stereocenters. The summed E-state index contributed by atoms with van der Waals surface area (Å²) in [5, 5.41) is 9.15. The third-order valence-electron chi connectivity index (χ3n) is 2.38. The average molecular weight is 243 g/mol.